The molecule has 1 amide bonds. The van der Waals surface area contributed by atoms with Gasteiger partial charge >= 0.3 is 35.8 Å². The minimum atomic E-state index is -1.24. The summed E-state index contributed by atoms with van der Waals surface area (Å²) in [7, 11) is 7.70. The fourth-order valence-corrected chi connectivity index (χ4v) is 11.1. The number of carboxylic acid groups (broad SMARTS) is 3. The summed E-state index contributed by atoms with van der Waals surface area (Å²) in [6.45, 7) is -0.854. The van der Waals surface area contributed by atoms with Crippen molar-refractivity contribution in [2.75, 3.05) is 66.9 Å². The van der Waals surface area contributed by atoms with Crippen LogP contribution in [0.5, 0.6) is 5.88 Å². The van der Waals surface area contributed by atoms with Gasteiger partial charge in [-0.05, 0) is 61.8 Å². The summed E-state index contributed by atoms with van der Waals surface area (Å²) in [6, 6.07) is 6.20. The normalized spacial score (nSPS) is 13.5. The Kier molecular flexibility index (Phi) is 29.8. The smallest absolute Gasteiger partial charge is 0.307 e. The number of fused-ring (bicyclic) bond motifs is 1. The lowest BCUT2D eigenvalue weighted by molar-refractivity contribution is -0.155. The van der Waals surface area contributed by atoms with Crippen molar-refractivity contribution in [2.24, 2.45) is 29.6 Å². The van der Waals surface area contributed by atoms with Crippen LogP contribution in [0.15, 0.2) is 30.5 Å². The Morgan fingerprint density at radius 2 is 1.20 bits per heavy atom. The monoisotopic (exact) mass is 1160 g/mol. The highest BCUT2D eigenvalue weighted by molar-refractivity contribution is 8.77. The quantitative estimate of drug-likeness (QED) is 0.0126. The number of Topliss-reactive ketones (excluding diaryl/α,β-unsaturated/α-hetero) is 1. The molecule has 6 atom stereocenters. The number of hydrogen-bond acceptors (Lipinski definition) is 26. The zero-order valence-corrected chi connectivity index (χ0v) is 45.8. The summed E-state index contributed by atoms with van der Waals surface area (Å²) >= 11 is 0. The van der Waals surface area contributed by atoms with Gasteiger partial charge in [0.15, 0.2) is 17.4 Å². The van der Waals surface area contributed by atoms with E-state index in [2.05, 4.69) is 30.6 Å². The van der Waals surface area contributed by atoms with Crippen LogP contribution in [0.25, 0.3) is 11.2 Å². The molecular formula is C45H59N7O17S6. The molecule has 412 valence electrons. The van der Waals surface area contributed by atoms with Crippen LogP contribution in [0.4, 0.5) is 11.6 Å². The van der Waals surface area contributed by atoms with Crippen molar-refractivity contribution in [3.8, 4) is 5.88 Å². The molecule has 30 heteroatoms. The average molecular weight is 1160 g/mol. The van der Waals surface area contributed by atoms with Crippen LogP contribution in [0.1, 0.15) is 67.4 Å². The zero-order valence-electron chi connectivity index (χ0n) is 40.9. The highest BCUT2D eigenvalue weighted by Crippen LogP contribution is 2.28. The number of esters is 3. The molecule has 2 unspecified atom stereocenters. The number of nitrogens with one attached hydrogen (secondary N) is 2. The van der Waals surface area contributed by atoms with E-state index in [-0.39, 0.29) is 97.4 Å². The first kappa shape index (κ1) is 63.9. The number of hydrogen-bond donors (Lipinski definition) is 7. The maximum atomic E-state index is 13.5. The Hall–Kier alpha value is -5.43. The second kappa shape index (κ2) is 35.0. The predicted molar refractivity (Wildman–Crippen MR) is 286 cm³/mol. The van der Waals surface area contributed by atoms with Gasteiger partial charge in [0.1, 0.15) is 5.78 Å². The minimum absolute atomic E-state index is 0.0343. The Balaban J connectivity index is 1.75. The molecule has 2 aromatic heterocycles. The summed E-state index contributed by atoms with van der Waals surface area (Å²) < 4.78 is 21.7. The number of ketones is 1. The standard InChI is InChI=1S/C45H59N7O17S6/c1-70-73-21-28(42(60)61)14-35(55)66-13-12-27(20-68-37(57)16-30(44(64)65)23-75-72-3)26(19-67-36(56)15-29(43(62)63)22-74-71-2)6-9-33(54)10-11-34(69-24-53)50-40(58)25-4-7-31(8-5-25)47-17-32-18-48-39-38(49-32)41(59)52-45(46)51-39/h4-5,7-8,18,24,26-30,34,47H,6,9-17,19-23H2,1-3H3,(H,50,58)(H,60,61)(H,62,63)(H,64,65)(H3,46,48,51,52,59)/t26?,27?,28-,29-,30-,34+/m0/s1. The van der Waals surface area contributed by atoms with Crippen LogP contribution in [0.3, 0.4) is 0 Å². The molecule has 8 N–H and O–H groups in total. The van der Waals surface area contributed by atoms with Crippen molar-refractivity contribution >= 4 is 142 Å². The van der Waals surface area contributed by atoms with Crippen molar-refractivity contribution in [1.82, 2.24) is 25.3 Å². The number of benzene rings is 1. The number of nitrogens with two attached hydrogens (primary N) is 1. The molecule has 0 saturated carbocycles. The highest BCUT2D eigenvalue weighted by Gasteiger charge is 2.30. The van der Waals surface area contributed by atoms with Gasteiger partial charge in [-0.3, -0.25) is 43.2 Å². The van der Waals surface area contributed by atoms with Gasteiger partial charge in [0, 0.05) is 53.7 Å². The number of rotatable bonds is 39. The van der Waals surface area contributed by atoms with E-state index in [0.717, 1.165) is 0 Å². The van der Waals surface area contributed by atoms with Gasteiger partial charge in [-0.1, -0.05) is 64.8 Å². The van der Waals surface area contributed by atoms with E-state index in [1.54, 1.807) is 30.9 Å². The SMILES string of the molecule is CSSC[C@H](CC(=O)OCCC(COC(=O)C[C@@H](CSSC)C(=O)O)C(CCC(=O)CC[C@H](NC(=O)c1ccc(NCc2cnc3nc(N)nc(O)c3n2)cc1)OC=O)COC(=O)C[C@@H](CSSC)C(=O)O)C(=O)O. The average Bonchev–Trinajstić information content (AvgIpc) is 3.37. The van der Waals surface area contributed by atoms with E-state index >= 15 is 0 Å². The van der Waals surface area contributed by atoms with Crippen LogP contribution in [0.2, 0.25) is 0 Å². The number of anilines is 2. The number of amides is 1. The van der Waals surface area contributed by atoms with Gasteiger partial charge in [-0.15, -0.1) is 0 Å². The zero-order chi connectivity index (χ0) is 55.3. The fourth-order valence-electron chi connectivity index (χ4n) is 6.72. The number of aliphatic carboxylic acids is 3. The maximum Gasteiger partial charge on any atom is 0.307 e. The number of carbonyl (C=O) groups is 9. The Labute approximate surface area is 455 Å². The number of nitrogen functional groups attached to an aromatic ring is 1. The molecule has 3 rings (SSSR count). The number of carboxylic acids is 3. The van der Waals surface area contributed by atoms with E-state index in [1.165, 1.54) is 83.1 Å². The molecule has 24 nitrogen and oxygen atoms in total. The summed E-state index contributed by atoms with van der Waals surface area (Å²) in [5.41, 5.74) is 6.93. The number of carbonyl (C=O) groups excluding carboxylic acids is 6. The molecule has 0 aliphatic carbocycles. The number of nitrogens with zero attached hydrogens (tertiary/aromatic N) is 4. The van der Waals surface area contributed by atoms with Gasteiger partial charge in [0.2, 0.25) is 11.8 Å². The van der Waals surface area contributed by atoms with E-state index in [4.69, 9.17) is 24.7 Å². The molecule has 0 aliphatic rings. The molecular weight excluding hydrogens is 1100 g/mol. The first-order valence-electron chi connectivity index (χ1n) is 22.7. The topological polar surface area (TPSA) is 373 Å². The van der Waals surface area contributed by atoms with Gasteiger partial charge in [-0.2, -0.15) is 9.97 Å². The summed E-state index contributed by atoms with van der Waals surface area (Å²) in [5, 5.41) is 44.8. The second-order valence-corrected chi connectivity index (χ2v) is 24.0. The van der Waals surface area contributed by atoms with Crippen molar-refractivity contribution in [2.45, 2.75) is 64.1 Å². The number of ether oxygens (including phenoxy) is 4. The van der Waals surface area contributed by atoms with Crippen molar-refractivity contribution < 1.29 is 82.5 Å². The predicted octanol–water partition coefficient (Wildman–Crippen LogP) is 5.24. The van der Waals surface area contributed by atoms with Gasteiger partial charge < -0.3 is 55.7 Å². The molecule has 1 aromatic carbocycles. The Morgan fingerprint density at radius 1 is 0.693 bits per heavy atom. The van der Waals surface area contributed by atoms with Crippen LogP contribution in [0, 0.1) is 29.6 Å². The third-order valence-electron chi connectivity index (χ3n) is 10.9. The highest BCUT2D eigenvalue weighted by atomic mass is 33.1. The summed E-state index contributed by atoms with van der Waals surface area (Å²) in [4.78, 5) is 129. The maximum absolute atomic E-state index is 13.5. The molecule has 75 heavy (non-hydrogen) atoms. The third-order valence-corrected chi connectivity index (χ3v) is 16.5. The van der Waals surface area contributed by atoms with Gasteiger partial charge in [0.25, 0.3) is 12.4 Å². The van der Waals surface area contributed by atoms with Crippen molar-refractivity contribution in [1.29, 1.82) is 0 Å². The third kappa shape index (κ3) is 24.4. The molecule has 0 aliphatic heterocycles. The minimum Gasteiger partial charge on any atom is -0.492 e. The van der Waals surface area contributed by atoms with Crippen LogP contribution in [-0.2, 0) is 63.8 Å². The fraction of sp³-hybridized carbons (Fsp3) is 0.533. The van der Waals surface area contributed by atoms with Crippen molar-refractivity contribution in [3.63, 3.8) is 0 Å². The summed E-state index contributed by atoms with van der Waals surface area (Å²) in [6.07, 6.45) is 3.38. The Morgan fingerprint density at radius 3 is 1.71 bits per heavy atom. The first-order chi connectivity index (χ1) is 35.9. The molecule has 0 bridgehead atoms. The largest absolute Gasteiger partial charge is 0.492 e. The van der Waals surface area contributed by atoms with Crippen LogP contribution in [-0.4, -0.2) is 156 Å². The second-order valence-electron chi connectivity index (χ2n) is 16.1. The van der Waals surface area contributed by atoms with E-state index in [1.807, 2.05) is 0 Å². The number of aromatic nitrogens is 4. The van der Waals surface area contributed by atoms with Gasteiger partial charge in [0.05, 0.1) is 75.3 Å². The van der Waals surface area contributed by atoms with Crippen LogP contribution >= 0.6 is 64.8 Å². The van der Waals surface area contributed by atoms with Gasteiger partial charge in [-0.25, -0.2) is 9.97 Å². The summed E-state index contributed by atoms with van der Waals surface area (Å²) in [5.74, 6) is -12.3. The number of aromatic hydroxyl groups is 1. The Bertz CT molecular complexity index is 2400. The van der Waals surface area contributed by atoms with E-state index < -0.39 is 116 Å². The molecule has 2 heterocycles. The van der Waals surface area contributed by atoms with E-state index in [9.17, 15) is 63.6 Å². The first-order valence-corrected chi connectivity index (χ1v) is 30.9. The lowest BCUT2D eigenvalue weighted by Gasteiger charge is -2.27. The molecule has 3 aromatic rings. The lowest BCUT2D eigenvalue weighted by Crippen LogP contribution is -2.37. The lowest BCUT2D eigenvalue weighted by atomic mass is 9.86. The molecule has 0 fully saturated rings. The molecule has 0 radical (unpaired) electrons. The van der Waals surface area contributed by atoms with Crippen molar-refractivity contribution in [3.05, 3.63) is 41.7 Å². The van der Waals surface area contributed by atoms with E-state index in [0.29, 0.717) is 11.4 Å². The molecule has 0 saturated heterocycles. The van der Waals surface area contributed by atoms with Crippen LogP contribution < -0.4 is 16.4 Å². The molecule has 0 spiro atoms.